The van der Waals surface area contributed by atoms with Crippen molar-refractivity contribution < 1.29 is 28.5 Å². The van der Waals surface area contributed by atoms with Gasteiger partial charge in [0.05, 0.1) is 4.47 Å². The van der Waals surface area contributed by atoms with Crippen molar-refractivity contribution in [2.75, 3.05) is 50.9 Å². The van der Waals surface area contributed by atoms with E-state index < -0.39 is 30.1 Å². The van der Waals surface area contributed by atoms with Crippen LogP contribution >= 0.6 is 39.1 Å². The molecule has 3 aliphatic rings. The van der Waals surface area contributed by atoms with E-state index in [0.717, 1.165) is 15.6 Å². The lowest BCUT2D eigenvalue weighted by Crippen LogP contribution is -2.56. The predicted molar refractivity (Wildman–Crippen MR) is 329 cm³/mol. The lowest BCUT2D eigenvalue weighted by molar-refractivity contribution is -0.142. The number of nitrogens with one attached hydrogen (secondary N) is 2. The lowest BCUT2D eigenvalue weighted by atomic mass is 9.74. The molecule has 0 radical (unpaired) electrons. The van der Waals surface area contributed by atoms with Crippen LogP contribution in [0.15, 0.2) is 124 Å². The van der Waals surface area contributed by atoms with Crippen LogP contribution in [0.2, 0.25) is 10.0 Å². The molecule has 22 nitrogen and oxygen atoms in total. The highest BCUT2D eigenvalue weighted by Crippen LogP contribution is 2.32. The van der Waals surface area contributed by atoms with Crippen molar-refractivity contribution in [2.24, 2.45) is 16.2 Å². The number of aromatic nitrogens is 8. The number of carbonyl (C=O) groups excluding carboxylic acids is 4. The fourth-order valence-electron chi connectivity index (χ4n) is 9.86. The highest BCUT2D eigenvalue weighted by Gasteiger charge is 2.40. The number of benzene rings is 2. The Bertz CT molecular complexity index is 3900. The second-order valence-electron chi connectivity index (χ2n) is 23.3. The van der Waals surface area contributed by atoms with Gasteiger partial charge in [-0.05, 0) is 97.4 Å². The normalized spacial score (nSPS) is 15.5. The van der Waals surface area contributed by atoms with Gasteiger partial charge in [-0.15, -0.1) is 0 Å². The molecule has 11 rings (SSSR count). The first-order chi connectivity index (χ1) is 40.3. The summed E-state index contributed by atoms with van der Waals surface area (Å²) < 4.78 is 15.4. The number of amides is 4. The number of rotatable bonds is 12. The third kappa shape index (κ3) is 15.0. The number of nitrogens with two attached hydrogens (primary N) is 2. The molecule has 0 spiro atoms. The van der Waals surface area contributed by atoms with Gasteiger partial charge in [0.1, 0.15) is 35.5 Å². The summed E-state index contributed by atoms with van der Waals surface area (Å²) in [5.74, 6) is -1.11. The number of hydrogen-bond acceptors (Lipinski definition) is 16. The summed E-state index contributed by atoms with van der Waals surface area (Å²) in [5, 5.41) is 7.81. The van der Waals surface area contributed by atoms with E-state index in [1.54, 1.807) is 108 Å². The zero-order chi connectivity index (χ0) is 61.0. The molecule has 440 valence electrons. The van der Waals surface area contributed by atoms with Crippen molar-refractivity contribution in [1.29, 1.82) is 0 Å². The highest BCUT2D eigenvalue weighted by molar-refractivity contribution is 9.10. The predicted octanol–water partition coefficient (Wildman–Crippen LogP) is 6.33. The van der Waals surface area contributed by atoms with Crippen LogP contribution in [-0.2, 0) is 45.1 Å². The van der Waals surface area contributed by atoms with Gasteiger partial charge in [0.15, 0.2) is 0 Å². The number of fused-ring (bicyclic) bond motifs is 2. The summed E-state index contributed by atoms with van der Waals surface area (Å²) in [6.07, 6.45) is 9.42. The van der Waals surface area contributed by atoms with Gasteiger partial charge in [-0.25, -0.2) is 29.9 Å². The quantitative estimate of drug-likeness (QED) is 0.0973. The monoisotopic (exact) mass is 1250 g/mol. The Balaban J connectivity index is 0.000000180. The minimum Gasteiger partial charge on any atom is -0.407 e. The van der Waals surface area contributed by atoms with Gasteiger partial charge in [-0.3, -0.25) is 37.9 Å². The van der Waals surface area contributed by atoms with Crippen molar-refractivity contribution in [3.8, 4) is 11.1 Å². The molecule has 4 amide bonds. The van der Waals surface area contributed by atoms with Gasteiger partial charge in [0.2, 0.25) is 23.7 Å². The van der Waals surface area contributed by atoms with E-state index in [-0.39, 0.29) is 77.0 Å². The maximum atomic E-state index is 13.7. The van der Waals surface area contributed by atoms with Crippen molar-refractivity contribution in [2.45, 2.75) is 67.7 Å². The van der Waals surface area contributed by atoms with Gasteiger partial charge >= 0.3 is 7.12 Å². The first kappa shape index (κ1) is 61.4. The third-order valence-corrected chi connectivity index (χ3v) is 15.0. The number of nitrogens with zero attached hydrogens (tertiary/aromatic N) is 10. The lowest BCUT2D eigenvalue weighted by Gasteiger charge is -2.45. The minimum absolute atomic E-state index is 0.0344. The number of anilines is 2. The van der Waals surface area contributed by atoms with Crippen LogP contribution in [0.5, 0.6) is 0 Å². The van der Waals surface area contributed by atoms with Gasteiger partial charge in [0, 0.05) is 121 Å². The standard InChI is InChI=1S/C28H32BClN4O5.C27H26ClN7O3.C4H4BrN3/c1-27(2)14-33(15-27)23(35)13-34-24-20(22(9-10-31-24)29-38-16-28(3,4)17-39-29)11-21(26(34)37)25(36)32-12-18-5-7-19(30)8-6-18;1-27(2)14-34(15-27)22(36)13-35-23-20(19(7-8-30-23)17-11-32-26(29)33-12-17)9-21(25(35)38)24(37)31-10-16-3-5-18(28)6-4-16;5-3-1-7-4(6)8-2-3/h5-11H,12-17H2,1-4H3,(H,32,36);3-9,11-12H,10,13-15H2,1-2H3,(H,31,37)(H2,29,32,33);1-2H,(H2,6,7,8). The van der Waals surface area contributed by atoms with Gasteiger partial charge in [-0.2, -0.15) is 0 Å². The van der Waals surface area contributed by atoms with E-state index in [0.29, 0.717) is 88.4 Å². The van der Waals surface area contributed by atoms with E-state index in [4.69, 9.17) is 44.0 Å². The maximum Gasteiger partial charge on any atom is 0.494 e. The molecule has 8 aromatic rings. The van der Waals surface area contributed by atoms with Gasteiger partial charge in [-0.1, -0.05) is 89.0 Å². The molecule has 6 N–H and O–H groups in total. The van der Waals surface area contributed by atoms with Crippen molar-refractivity contribution in [3.05, 3.63) is 167 Å². The first-order valence-corrected chi connectivity index (χ1v) is 28.6. The third-order valence-electron chi connectivity index (χ3n) is 14.1. The van der Waals surface area contributed by atoms with Crippen LogP contribution in [0.4, 0.5) is 11.9 Å². The number of carbonyl (C=O) groups is 4. The molecule has 6 aromatic heterocycles. The first-order valence-electron chi connectivity index (χ1n) is 27.0. The Morgan fingerprint density at radius 1 is 0.588 bits per heavy atom. The summed E-state index contributed by atoms with van der Waals surface area (Å²) in [4.78, 5) is 108. The molecule has 0 unspecified atom stereocenters. The molecule has 2 aromatic carbocycles. The summed E-state index contributed by atoms with van der Waals surface area (Å²) in [6.45, 7) is 15.8. The second-order valence-corrected chi connectivity index (χ2v) is 25.1. The fourth-order valence-corrected chi connectivity index (χ4v) is 10.3. The molecule has 3 saturated heterocycles. The number of nitrogen functional groups attached to an aromatic ring is 2. The van der Waals surface area contributed by atoms with E-state index in [1.165, 1.54) is 21.3 Å². The maximum absolute atomic E-state index is 13.7. The van der Waals surface area contributed by atoms with Crippen LogP contribution < -0.4 is 38.7 Å². The fraction of sp³-hybridized carbons (Fsp3) is 0.322. The molecule has 3 aliphatic heterocycles. The molecule has 26 heteroatoms. The Kier molecular flexibility index (Phi) is 18.5. The number of pyridine rings is 4. The molecular formula is C59H62BBrCl2N14O8. The van der Waals surface area contributed by atoms with Crippen molar-refractivity contribution in [3.63, 3.8) is 0 Å². The average molecular weight is 1260 g/mol. The smallest absolute Gasteiger partial charge is 0.407 e. The minimum atomic E-state index is -0.689. The second kappa shape index (κ2) is 25.6. The van der Waals surface area contributed by atoms with Gasteiger partial charge in [0.25, 0.3) is 22.9 Å². The average Bonchev–Trinajstić information content (AvgIpc) is 1.44. The molecular weight excluding hydrogens is 1190 g/mol. The summed E-state index contributed by atoms with van der Waals surface area (Å²) in [5.41, 5.74) is 13.6. The molecule has 85 heavy (non-hydrogen) atoms. The van der Waals surface area contributed by atoms with E-state index in [2.05, 4.69) is 98.0 Å². The summed E-state index contributed by atoms with van der Waals surface area (Å²) >= 11 is 15.1. The Hall–Kier alpha value is -8.16. The highest BCUT2D eigenvalue weighted by atomic mass is 79.9. The summed E-state index contributed by atoms with van der Waals surface area (Å²) in [6, 6.07) is 20.6. The largest absolute Gasteiger partial charge is 0.494 e. The zero-order valence-corrected chi connectivity index (χ0v) is 50.7. The van der Waals surface area contributed by atoms with Crippen molar-refractivity contribution >= 4 is 109 Å². The van der Waals surface area contributed by atoms with E-state index >= 15 is 0 Å². The Labute approximate surface area is 508 Å². The Morgan fingerprint density at radius 3 is 1.44 bits per heavy atom. The number of likely N-dealkylation sites (tertiary alicyclic amines) is 2. The van der Waals surface area contributed by atoms with Crippen LogP contribution in [0, 0.1) is 16.2 Å². The van der Waals surface area contributed by atoms with E-state index in [1.807, 2.05) is 0 Å². The van der Waals surface area contributed by atoms with Crippen LogP contribution in [0.3, 0.4) is 0 Å². The number of halogens is 3. The number of hydrogen-bond donors (Lipinski definition) is 4. The molecule has 0 saturated carbocycles. The van der Waals surface area contributed by atoms with Crippen molar-refractivity contribution in [1.82, 2.24) is 59.5 Å². The molecule has 0 aliphatic carbocycles. The Morgan fingerprint density at radius 2 is 1.00 bits per heavy atom. The van der Waals surface area contributed by atoms with Crippen LogP contribution in [-0.4, -0.2) is 119 Å². The molecule has 3 fully saturated rings. The SMILES string of the molecule is CC1(C)CN(C(=O)Cn2c(=O)c(C(=O)NCc3ccc(Cl)cc3)cc3c(-c4cnc(N)nc4)ccnc32)C1.CC1(C)COB(c2ccnc3c2cc(C(=O)NCc2ccc(Cl)cc2)c(=O)n3CC(=O)N2CC(C)(C)C2)OC1.Nc1ncc(Br)cn1. The summed E-state index contributed by atoms with van der Waals surface area (Å²) in [7, 11) is -0.689. The van der Waals surface area contributed by atoms with Crippen LogP contribution in [0.1, 0.15) is 73.4 Å². The molecule has 0 bridgehead atoms. The molecule has 0 atom stereocenters. The zero-order valence-electron chi connectivity index (χ0n) is 47.6. The van der Waals surface area contributed by atoms with Crippen LogP contribution in [0.25, 0.3) is 33.2 Å². The topological polar surface area (TPSA) is 291 Å². The molecule has 9 heterocycles. The van der Waals surface area contributed by atoms with E-state index in [9.17, 15) is 28.8 Å². The van der Waals surface area contributed by atoms with Gasteiger partial charge < -0.3 is 41.2 Å².